The Labute approximate surface area is 126 Å². The lowest BCUT2D eigenvalue weighted by molar-refractivity contribution is 0.0698. The average Bonchev–Trinajstić information content (AvgIpc) is 2.34. The summed E-state index contributed by atoms with van der Waals surface area (Å²) in [5.41, 5.74) is 0.301. The van der Waals surface area contributed by atoms with Gasteiger partial charge in [-0.25, -0.2) is 9.59 Å². The lowest BCUT2D eigenvalue weighted by atomic mass is 10.2. The van der Waals surface area contributed by atoms with Crippen LogP contribution in [0.4, 0.5) is 10.5 Å². The number of carbonyl (C=O) groups excluding carboxylic acids is 1. The topological polar surface area (TPSA) is 69.6 Å². The fourth-order valence-corrected chi connectivity index (χ4v) is 2.02. The molecule has 0 heterocycles. The second kappa shape index (κ2) is 7.09. The van der Waals surface area contributed by atoms with Gasteiger partial charge in [-0.1, -0.05) is 22.0 Å². The number of nitrogens with one attached hydrogen (secondary N) is 1. The van der Waals surface area contributed by atoms with E-state index in [1.54, 1.807) is 23.1 Å². The second-order valence-corrected chi connectivity index (χ2v) is 5.38. The summed E-state index contributed by atoms with van der Waals surface area (Å²) in [6.45, 7) is 7.75. The van der Waals surface area contributed by atoms with E-state index < -0.39 is 5.97 Å². The van der Waals surface area contributed by atoms with Crippen LogP contribution in [0.5, 0.6) is 0 Å². The van der Waals surface area contributed by atoms with Crippen molar-refractivity contribution in [2.24, 2.45) is 0 Å². The summed E-state index contributed by atoms with van der Waals surface area (Å²) in [6, 6.07) is 4.24. The summed E-state index contributed by atoms with van der Waals surface area (Å²) in [5, 5.41) is 11.8. The van der Waals surface area contributed by atoms with Crippen LogP contribution in [-0.4, -0.2) is 34.6 Å². The van der Waals surface area contributed by atoms with E-state index in [9.17, 15) is 9.59 Å². The Bertz CT molecular complexity index is 529. The number of carboxylic acid groups (broad SMARTS) is 1. The molecule has 1 rings (SSSR count). The molecule has 2 amide bonds. The number of aromatic carboxylic acids is 1. The Kier molecular flexibility index (Phi) is 5.76. The van der Waals surface area contributed by atoms with Crippen LogP contribution >= 0.6 is 15.9 Å². The molecule has 0 radical (unpaired) electrons. The highest BCUT2D eigenvalue weighted by Crippen LogP contribution is 2.22. The zero-order valence-corrected chi connectivity index (χ0v) is 13.0. The third kappa shape index (κ3) is 4.09. The molecule has 0 bridgehead atoms. The van der Waals surface area contributed by atoms with Crippen molar-refractivity contribution < 1.29 is 14.7 Å². The van der Waals surface area contributed by atoms with Gasteiger partial charge in [0.05, 0.1) is 11.3 Å². The second-order valence-electron chi connectivity index (χ2n) is 4.46. The molecular formula is C14H17BrN2O3. The van der Waals surface area contributed by atoms with Crippen LogP contribution in [0.25, 0.3) is 0 Å². The summed E-state index contributed by atoms with van der Waals surface area (Å²) in [6.07, 6.45) is 1.62. The Morgan fingerprint density at radius 2 is 2.15 bits per heavy atom. The molecule has 0 fully saturated rings. The molecule has 0 atom stereocenters. The van der Waals surface area contributed by atoms with Crippen LogP contribution in [0, 0.1) is 0 Å². The number of carbonyl (C=O) groups is 2. The van der Waals surface area contributed by atoms with E-state index in [1.807, 2.05) is 13.8 Å². The summed E-state index contributed by atoms with van der Waals surface area (Å²) in [7, 11) is 0. The van der Waals surface area contributed by atoms with Crippen LogP contribution < -0.4 is 5.32 Å². The Morgan fingerprint density at radius 1 is 1.50 bits per heavy atom. The maximum Gasteiger partial charge on any atom is 0.337 e. The number of hydrogen-bond acceptors (Lipinski definition) is 2. The average molecular weight is 341 g/mol. The van der Waals surface area contributed by atoms with Crippen molar-refractivity contribution in [3.63, 3.8) is 0 Å². The molecule has 1 aromatic rings. The molecule has 0 aromatic heterocycles. The van der Waals surface area contributed by atoms with Crippen LogP contribution in [0.3, 0.4) is 0 Å². The third-order valence-corrected chi connectivity index (χ3v) is 3.16. The van der Waals surface area contributed by atoms with Crippen molar-refractivity contribution in [2.45, 2.75) is 19.9 Å². The van der Waals surface area contributed by atoms with E-state index in [4.69, 9.17) is 5.11 Å². The molecule has 5 nitrogen and oxygen atoms in total. The lowest BCUT2D eigenvalue weighted by Crippen LogP contribution is -2.40. The first-order valence-electron chi connectivity index (χ1n) is 6.08. The minimum absolute atomic E-state index is 0.0200. The van der Waals surface area contributed by atoms with Crippen LogP contribution in [0.1, 0.15) is 24.2 Å². The van der Waals surface area contributed by atoms with Gasteiger partial charge in [0.25, 0.3) is 0 Å². The monoisotopic (exact) mass is 340 g/mol. The first-order valence-corrected chi connectivity index (χ1v) is 6.87. The van der Waals surface area contributed by atoms with E-state index in [2.05, 4.69) is 27.8 Å². The number of amides is 2. The number of benzene rings is 1. The van der Waals surface area contributed by atoms with Gasteiger partial charge in [0, 0.05) is 17.1 Å². The summed E-state index contributed by atoms with van der Waals surface area (Å²) >= 11 is 3.26. The van der Waals surface area contributed by atoms with Gasteiger partial charge in [0.2, 0.25) is 0 Å². The molecule has 108 valence electrons. The molecule has 20 heavy (non-hydrogen) atoms. The predicted octanol–water partition coefficient (Wildman–Crippen LogP) is 3.58. The number of hydrogen-bond donors (Lipinski definition) is 2. The number of rotatable bonds is 5. The van der Waals surface area contributed by atoms with Crippen LogP contribution in [0.15, 0.2) is 35.3 Å². The van der Waals surface area contributed by atoms with Gasteiger partial charge in [0.1, 0.15) is 0 Å². The van der Waals surface area contributed by atoms with Crippen LogP contribution in [-0.2, 0) is 0 Å². The summed E-state index contributed by atoms with van der Waals surface area (Å²) < 4.78 is 0.692. The van der Waals surface area contributed by atoms with Gasteiger partial charge in [-0.3, -0.25) is 0 Å². The molecule has 0 saturated heterocycles. The number of anilines is 1. The third-order valence-electron chi connectivity index (χ3n) is 2.66. The smallest absolute Gasteiger partial charge is 0.337 e. The van der Waals surface area contributed by atoms with Crippen molar-refractivity contribution in [2.75, 3.05) is 11.9 Å². The Hall–Kier alpha value is -1.82. The molecule has 0 aliphatic heterocycles. The Morgan fingerprint density at radius 3 is 2.65 bits per heavy atom. The molecule has 0 aliphatic rings. The van der Waals surface area contributed by atoms with Crippen molar-refractivity contribution >= 4 is 33.6 Å². The van der Waals surface area contributed by atoms with Crippen LogP contribution in [0.2, 0.25) is 0 Å². The zero-order chi connectivity index (χ0) is 15.3. The molecule has 0 unspecified atom stereocenters. The predicted molar refractivity (Wildman–Crippen MR) is 82.2 cm³/mol. The molecule has 0 aliphatic carbocycles. The van der Waals surface area contributed by atoms with Crippen molar-refractivity contribution in [1.29, 1.82) is 0 Å². The highest BCUT2D eigenvalue weighted by atomic mass is 79.9. The zero-order valence-electron chi connectivity index (χ0n) is 11.4. The first kappa shape index (κ1) is 16.2. The largest absolute Gasteiger partial charge is 0.478 e. The van der Waals surface area contributed by atoms with E-state index in [0.717, 1.165) is 0 Å². The first-order chi connectivity index (χ1) is 9.36. The lowest BCUT2D eigenvalue weighted by Gasteiger charge is -2.26. The van der Waals surface area contributed by atoms with Crippen molar-refractivity contribution in [3.05, 3.63) is 40.9 Å². The molecule has 0 spiro atoms. The van der Waals surface area contributed by atoms with Gasteiger partial charge in [-0.15, -0.1) is 6.58 Å². The minimum atomic E-state index is -1.09. The van der Waals surface area contributed by atoms with Gasteiger partial charge >= 0.3 is 12.0 Å². The van der Waals surface area contributed by atoms with Crippen molar-refractivity contribution in [1.82, 2.24) is 4.90 Å². The summed E-state index contributed by atoms with van der Waals surface area (Å²) in [5.74, 6) is -1.09. The number of carboxylic acids is 1. The summed E-state index contributed by atoms with van der Waals surface area (Å²) in [4.78, 5) is 24.9. The molecular weight excluding hydrogens is 324 g/mol. The number of halogens is 1. The molecule has 1 aromatic carbocycles. The maximum atomic E-state index is 12.2. The number of nitrogens with zero attached hydrogens (tertiary/aromatic N) is 1. The normalized spacial score (nSPS) is 10.2. The van der Waals surface area contributed by atoms with Crippen molar-refractivity contribution in [3.8, 4) is 0 Å². The highest BCUT2D eigenvalue weighted by Gasteiger charge is 2.18. The van der Waals surface area contributed by atoms with Gasteiger partial charge in [0.15, 0.2) is 0 Å². The molecule has 2 N–H and O–H groups in total. The van der Waals surface area contributed by atoms with E-state index in [1.165, 1.54) is 6.07 Å². The fourth-order valence-electron chi connectivity index (χ4n) is 1.66. The maximum absolute atomic E-state index is 12.2. The fraction of sp³-hybridized carbons (Fsp3) is 0.286. The van der Waals surface area contributed by atoms with E-state index in [0.29, 0.717) is 11.0 Å². The van der Waals surface area contributed by atoms with E-state index >= 15 is 0 Å². The number of urea groups is 1. The quantitative estimate of drug-likeness (QED) is 0.805. The Balaban J connectivity index is 3.02. The van der Waals surface area contributed by atoms with Gasteiger partial charge in [-0.2, -0.15) is 0 Å². The highest BCUT2D eigenvalue weighted by molar-refractivity contribution is 9.10. The van der Waals surface area contributed by atoms with Gasteiger partial charge < -0.3 is 15.3 Å². The standard InChI is InChI=1S/C14H17BrN2O3/c1-4-7-17(9(2)3)14(20)16-12-8-10(15)5-6-11(12)13(18)19/h4-6,8-9H,1,7H2,2-3H3,(H,16,20)(H,18,19). The SMILES string of the molecule is C=CCN(C(=O)Nc1cc(Br)ccc1C(=O)O)C(C)C. The van der Waals surface area contributed by atoms with Gasteiger partial charge in [-0.05, 0) is 32.0 Å². The molecule has 6 heteroatoms. The van der Waals surface area contributed by atoms with E-state index in [-0.39, 0.29) is 23.3 Å². The minimum Gasteiger partial charge on any atom is -0.478 e. The molecule has 0 saturated carbocycles.